The molecule has 0 N–H and O–H groups in total. The summed E-state index contributed by atoms with van der Waals surface area (Å²) < 4.78 is 45.6. The van der Waals surface area contributed by atoms with E-state index in [2.05, 4.69) is 9.47 Å². The van der Waals surface area contributed by atoms with E-state index in [9.17, 15) is 18.4 Å². The first kappa shape index (κ1) is 16.7. The van der Waals surface area contributed by atoms with Crippen molar-refractivity contribution in [1.82, 2.24) is 0 Å². The van der Waals surface area contributed by atoms with Gasteiger partial charge in [-0.05, 0) is 19.1 Å². The van der Waals surface area contributed by atoms with Crippen LogP contribution in [0.1, 0.15) is 17.3 Å². The molecule has 0 aliphatic carbocycles. The first-order chi connectivity index (χ1) is 9.89. The lowest BCUT2D eigenvalue weighted by atomic mass is 10.2. The number of esters is 1. The average Bonchev–Trinajstić information content (AvgIpc) is 2.47. The Balaban J connectivity index is 3.22. The number of methoxy groups -OCH3 is 2. The van der Waals surface area contributed by atoms with Gasteiger partial charge >= 0.3 is 12.1 Å². The van der Waals surface area contributed by atoms with Crippen LogP contribution in [0.3, 0.4) is 0 Å². The van der Waals surface area contributed by atoms with Gasteiger partial charge in [0, 0.05) is 5.56 Å². The van der Waals surface area contributed by atoms with E-state index in [4.69, 9.17) is 9.47 Å². The van der Waals surface area contributed by atoms with Gasteiger partial charge in [0.15, 0.2) is 11.5 Å². The molecule has 1 aromatic rings. The van der Waals surface area contributed by atoms with Gasteiger partial charge < -0.3 is 18.9 Å². The van der Waals surface area contributed by atoms with Crippen molar-refractivity contribution < 1.29 is 37.3 Å². The Morgan fingerprint density at radius 3 is 2.14 bits per heavy atom. The molecular weight excluding hydrogens is 290 g/mol. The number of alkyl halides is 2. The molecule has 116 valence electrons. The maximum atomic E-state index is 13.6. The molecular formula is C13H14F2O6. The lowest BCUT2D eigenvalue weighted by Gasteiger charge is -2.19. The van der Waals surface area contributed by atoms with Crippen molar-refractivity contribution in [3.8, 4) is 17.2 Å². The number of carbonyl (C=O) groups excluding carboxylic acids is 2. The van der Waals surface area contributed by atoms with Crippen molar-refractivity contribution in [1.29, 1.82) is 0 Å². The number of carbonyl (C=O) groups is 2. The van der Waals surface area contributed by atoms with Gasteiger partial charge in [-0.1, -0.05) is 0 Å². The minimum atomic E-state index is -4.22. The summed E-state index contributed by atoms with van der Waals surface area (Å²) in [7, 11) is 2.39. The third kappa shape index (κ3) is 3.80. The molecule has 0 radical (unpaired) electrons. The Kier molecular flexibility index (Phi) is 5.45. The first-order valence-electron chi connectivity index (χ1n) is 5.84. The van der Waals surface area contributed by atoms with Gasteiger partial charge in [0.2, 0.25) is 5.75 Å². The molecule has 0 aliphatic rings. The molecule has 0 atom stereocenters. The van der Waals surface area contributed by atoms with Crippen LogP contribution in [0.25, 0.3) is 0 Å². The third-order valence-corrected chi connectivity index (χ3v) is 2.36. The Bertz CT molecular complexity index is 504. The molecule has 0 amide bonds. The van der Waals surface area contributed by atoms with Gasteiger partial charge in [0.1, 0.15) is 6.29 Å². The first-order valence-corrected chi connectivity index (χ1v) is 5.84. The van der Waals surface area contributed by atoms with Crippen LogP contribution in [0.2, 0.25) is 0 Å². The van der Waals surface area contributed by atoms with E-state index in [1.54, 1.807) is 0 Å². The van der Waals surface area contributed by atoms with Gasteiger partial charge in [-0.2, -0.15) is 8.78 Å². The lowest BCUT2D eigenvalue weighted by Crippen LogP contribution is -2.37. The Hall–Kier alpha value is -2.38. The topological polar surface area (TPSA) is 71.1 Å². The molecule has 8 heteroatoms. The molecule has 0 unspecified atom stereocenters. The number of aldehydes is 1. The molecule has 0 heterocycles. The van der Waals surface area contributed by atoms with Crippen LogP contribution in [0.15, 0.2) is 12.1 Å². The van der Waals surface area contributed by atoms with E-state index in [1.807, 2.05) is 0 Å². The summed E-state index contributed by atoms with van der Waals surface area (Å²) in [5.74, 6) is -2.71. The molecule has 0 aromatic heterocycles. The van der Waals surface area contributed by atoms with E-state index >= 15 is 0 Å². The number of rotatable bonds is 7. The fourth-order valence-electron chi connectivity index (χ4n) is 1.45. The minimum Gasteiger partial charge on any atom is -0.493 e. The number of hydrogen-bond acceptors (Lipinski definition) is 6. The molecule has 0 spiro atoms. The molecule has 1 rings (SSSR count). The Labute approximate surface area is 119 Å². The van der Waals surface area contributed by atoms with Crippen molar-refractivity contribution in [3.63, 3.8) is 0 Å². The standard InChI is InChI=1S/C13H14F2O6/c1-4-20-12(17)13(14,15)21-11-9(18-2)5-8(7-16)6-10(11)19-3/h5-7H,4H2,1-3H3. The highest BCUT2D eigenvalue weighted by atomic mass is 19.3. The summed E-state index contributed by atoms with van der Waals surface area (Å²) in [5, 5.41) is 0. The van der Waals surface area contributed by atoms with E-state index in [0.717, 1.165) is 0 Å². The van der Waals surface area contributed by atoms with Crippen LogP contribution in [-0.4, -0.2) is 39.2 Å². The second-order valence-electron chi connectivity index (χ2n) is 3.71. The second kappa shape index (κ2) is 6.87. The van der Waals surface area contributed by atoms with Crippen molar-refractivity contribution in [2.24, 2.45) is 0 Å². The SMILES string of the molecule is CCOC(=O)C(F)(F)Oc1c(OC)cc(C=O)cc1OC. The summed E-state index contributed by atoms with van der Waals surface area (Å²) in [4.78, 5) is 21.9. The van der Waals surface area contributed by atoms with Crippen molar-refractivity contribution in [2.45, 2.75) is 13.0 Å². The van der Waals surface area contributed by atoms with E-state index < -0.39 is 17.8 Å². The maximum absolute atomic E-state index is 13.6. The zero-order chi connectivity index (χ0) is 16.0. The van der Waals surface area contributed by atoms with Crippen molar-refractivity contribution >= 4 is 12.3 Å². The van der Waals surface area contributed by atoms with Gasteiger partial charge in [-0.3, -0.25) is 4.79 Å². The molecule has 0 bridgehead atoms. The van der Waals surface area contributed by atoms with E-state index in [0.29, 0.717) is 6.29 Å². The summed E-state index contributed by atoms with van der Waals surface area (Å²) >= 11 is 0. The van der Waals surface area contributed by atoms with Crippen LogP contribution in [0.4, 0.5) is 8.78 Å². The molecule has 0 aliphatic heterocycles. The predicted octanol–water partition coefficient (Wildman–Crippen LogP) is 2.05. The molecule has 0 fully saturated rings. The van der Waals surface area contributed by atoms with Crippen LogP contribution in [0.5, 0.6) is 17.2 Å². The van der Waals surface area contributed by atoms with Crippen LogP contribution >= 0.6 is 0 Å². The lowest BCUT2D eigenvalue weighted by molar-refractivity contribution is -0.216. The number of benzene rings is 1. The molecule has 0 saturated carbocycles. The van der Waals surface area contributed by atoms with Gasteiger partial charge in [-0.25, -0.2) is 4.79 Å². The van der Waals surface area contributed by atoms with Gasteiger partial charge in [0.05, 0.1) is 20.8 Å². The van der Waals surface area contributed by atoms with E-state index in [1.165, 1.54) is 33.3 Å². The quantitative estimate of drug-likeness (QED) is 0.567. The minimum absolute atomic E-state index is 0.135. The smallest absolute Gasteiger partial charge is 0.493 e. The van der Waals surface area contributed by atoms with Crippen LogP contribution < -0.4 is 14.2 Å². The molecule has 1 aromatic carbocycles. The highest BCUT2D eigenvalue weighted by molar-refractivity contribution is 5.79. The summed E-state index contributed by atoms with van der Waals surface area (Å²) in [6.07, 6.45) is -3.74. The Morgan fingerprint density at radius 1 is 1.24 bits per heavy atom. The third-order valence-electron chi connectivity index (χ3n) is 2.36. The zero-order valence-corrected chi connectivity index (χ0v) is 11.6. The number of ether oxygens (including phenoxy) is 4. The van der Waals surface area contributed by atoms with Crippen LogP contribution in [-0.2, 0) is 9.53 Å². The molecule has 0 saturated heterocycles. The predicted molar refractivity (Wildman–Crippen MR) is 67.1 cm³/mol. The summed E-state index contributed by atoms with van der Waals surface area (Å²) in [6.45, 7) is 1.16. The van der Waals surface area contributed by atoms with Gasteiger partial charge in [0.25, 0.3) is 0 Å². The van der Waals surface area contributed by atoms with Gasteiger partial charge in [-0.15, -0.1) is 0 Å². The van der Waals surface area contributed by atoms with Crippen molar-refractivity contribution in [2.75, 3.05) is 20.8 Å². The number of hydrogen-bond donors (Lipinski definition) is 0. The normalized spacial score (nSPS) is 10.7. The Morgan fingerprint density at radius 2 is 1.76 bits per heavy atom. The highest BCUT2D eigenvalue weighted by Gasteiger charge is 2.45. The van der Waals surface area contributed by atoms with E-state index in [-0.39, 0.29) is 23.7 Å². The fourth-order valence-corrected chi connectivity index (χ4v) is 1.45. The fraction of sp³-hybridized carbons (Fsp3) is 0.385. The monoisotopic (exact) mass is 304 g/mol. The maximum Gasteiger partial charge on any atom is 0.502 e. The highest BCUT2D eigenvalue weighted by Crippen LogP contribution is 2.41. The van der Waals surface area contributed by atoms with Crippen molar-refractivity contribution in [3.05, 3.63) is 17.7 Å². The number of halogens is 2. The second-order valence-corrected chi connectivity index (χ2v) is 3.71. The molecule has 21 heavy (non-hydrogen) atoms. The zero-order valence-electron chi connectivity index (χ0n) is 11.6. The summed E-state index contributed by atoms with van der Waals surface area (Å²) in [6, 6.07) is 2.35. The molecule has 6 nitrogen and oxygen atoms in total. The summed E-state index contributed by atoms with van der Waals surface area (Å²) in [5.41, 5.74) is 0.135. The largest absolute Gasteiger partial charge is 0.502 e. The van der Waals surface area contributed by atoms with Crippen LogP contribution in [0, 0.1) is 0 Å². The average molecular weight is 304 g/mol.